The Labute approximate surface area is 143 Å². The molecule has 0 aliphatic heterocycles. The Bertz CT molecular complexity index is 1070. The molecule has 1 aromatic carbocycles. The van der Waals surface area contributed by atoms with E-state index in [0.717, 1.165) is 12.0 Å². The van der Waals surface area contributed by atoms with E-state index >= 15 is 0 Å². The van der Waals surface area contributed by atoms with Gasteiger partial charge in [-0.2, -0.15) is 0 Å². The van der Waals surface area contributed by atoms with Crippen LogP contribution in [0.1, 0.15) is 18.9 Å². The Balaban J connectivity index is 2.26. The number of nitrogens with one attached hydrogen (secondary N) is 1. The first-order valence-electron chi connectivity index (χ1n) is 8.04. The minimum Gasteiger partial charge on any atom is -0.352 e. The molecule has 0 aliphatic rings. The van der Waals surface area contributed by atoms with E-state index in [-0.39, 0.29) is 33.5 Å². The number of halogens is 1. The Morgan fingerprint density at radius 3 is 2.64 bits per heavy atom. The molecule has 0 saturated heterocycles. The van der Waals surface area contributed by atoms with E-state index < -0.39 is 5.82 Å². The van der Waals surface area contributed by atoms with Gasteiger partial charge in [-0.3, -0.25) is 18.7 Å². The molecule has 3 aromatic rings. The fourth-order valence-electron chi connectivity index (χ4n) is 2.73. The van der Waals surface area contributed by atoms with Gasteiger partial charge >= 0.3 is 0 Å². The predicted octanol–water partition coefficient (Wildman–Crippen LogP) is 2.70. The van der Waals surface area contributed by atoms with Crippen LogP contribution < -0.4 is 16.4 Å². The summed E-state index contributed by atoms with van der Waals surface area (Å²) >= 11 is 0. The fourth-order valence-corrected chi connectivity index (χ4v) is 2.73. The van der Waals surface area contributed by atoms with Gasteiger partial charge in [0.05, 0.1) is 17.7 Å². The molecule has 3 rings (SSSR count). The van der Waals surface area contributed by atoms with E-state index in [2.05, 4.69) is 10.3 Å². The molecule has 2 aromatic heterocycles. The molecule has 0 fully saturated rings. The standard InChI is InChI=1S/C18H19FN4O2/c1-4-7-23-10-20-17-16(18(23)25)14(9-15(24)22(17)3)21-13-6-5-11(2)8-12(13)19/h5-6,8-10,21H,4,7H2,1-3H3. The first-order valence-corrected chi connectivity index (χ1v) is 8.04. The highest BCUT2D eigenvalue weighted by molar-refractivity contribution is 5.90. The number of aromatic nitrogens is 3. The molecular weight excluding hydrogens is 323 g/mol. The van der Waals surface area contributed by atoms with Crippen molar-refractivity contribution in [3.63, 3.8) is 0 Å². The Morgan fingerprint density at radius 1 is 1.20 bits per heavy atom. The highest BCUT2D eigenvalue weighted by Crippen LogP contribution is 2.23. The van der Waals surface area contributed by atoms with E-state index in [4.69, 9.17) is 0 Å². The minimum absolute atomic E-state index is 0.199. The lowest BCUT2D eigenvalue weighted by Gasteiger charge is -2.13. The molecule has 1 N–H and O–H groups in total. The van der Waals surface area contributed by atoms with Gasteiger partial charge in [-0.1, -0.05) is 13.0 Å². The number of hydrogen-bond donors (Lipinski definition) is 1. The Kier molecular flexibility index (Phi) is 4.39. The zero-order valence-corrected chi connectivity index (χ0v) is 14.3. The summed E-state index contributed by atoms with van der Waals surface area (Å²) in [6, 6.07) is 6.01. The Hall–Kier alpha value is -2.96. The minimum atomic E-state index is -0.452. The molecule has 0 amide bonds. The largest absolute Gasteiger partial charge is 0.352 e. The van der Waals surface area contributed by atoms with Crippen LogP contribution in [-0.2, 0) is 13.6 Å². The number of fused-ring (bicyclic) bond motifs is 1. The highest BCUT2D eigenvalue weighted by Gasteiger charge is 2.15. The average Bonchev–Trinajstić information content (AvgIpc) is 2.57. The van der Waals surface area contributed by atoms with Crippen LogP contribution in [0.25, 0.3) is 11.0 Å². The molecule has 6 nitrogen and oxygen atoms in total. The summed E-state index contributed by atoms with van der Waals surface area (Å²) in [6.07, 6.45) is 2.21. The zero-order valence-electron chi connectivity index (χ0n) is 14.3. The molecule has 7 heteroatoms. The lowest BCUT2D eigenvalue weighted by molar-refractivity contribution is 0.630. The van der Waals surface area contributed by atoms with Gasteiger partial charge in [-0.05, 0) is 31.0 Å². The Morgan fingerprint density at radius 2 is 1.96 bits per heavy atom. The van der Waals surface area contributed by atoms with Crippen molar-refractivity contribution >= 4 is 22.4 Å². The van der Waals surface area contributed by atoms with Crippen molar-refractivity contribution in [3.05, 3.63) is 62.7 Å². The summed E-state index contributed by atoms with van der Waals surface area (Å²) in [5, 5.41) is 3.14. The van der Waals surface area contributed by atoms with Crippen LogP contribution in [0.2, 0.25) is 0 Å². The van der Waals surface area contributed by atoms with E-state index in [1.54, 1.807) is 26.1 Å². The first kappa shape index (κ1) is 16.9. The number of benzene rings is 1. The van der Waals surface area contributed by atoms with Gasteiger partial charge in [0.25, 0.3) is 11.1 Å². The first-order chi connectivity index (χ1) is 11.9. The van der Waals surface area contributed by atoms with Gasteiger partial charge in [0.1, 0.15) is 11.2 Å². The summed E-state index contributed by atoms with van der Waals surface area (Å²) in [4.78, 5) is 29.2. The number of nitrogens with zero attached hydrogens (tertiary/aromatic N) is 3. The molecule has 25 heavy (non-hydrogen) atoms. The van der Waals surface area contributed by atoms with Crippen molar-refractivity contribution in [1.29, 1.82) is 0 Å². The van der Waals surface area contributed by atoms with Crippen molar-refractivity contribution in [1.82, 2.24) is 14.1 Å². The third-order valence-corrected chi connectivity index (χ3v) is 4.06. The predicted molar refractivity (Wildman–Crippen MR) is 96.0 cm³/mol. The average molecular weight is 342 g/mol. The summed E-state index contributed by atoms with van der Waals surface area (Å²) in [7, 11) is 1.55. The maximum absolute atomic E-state index is 14.2. The highest BCUT2D eigenvalue weighted by atomic mass is 19.1. The van der Waals surface area contributed by atoms with Gasteiger partial charge in [0.15, 0.2) is 5.65 Å². The fraction of sp³-hybridized carbons (Fsp3) is 0.278. The lowest BCUT2D eigenvalue weighted by atomic mass is 10.2. The van der Waals surface area contributed by atoms with Crippen LogP contribution in [0.15, 0.2) is 40.2 Å². The topological polar surface area (TPSA) is 68.9 Å². The summed E-state index contributed by atoms with van der Waals surface area (Å²) in [5.41, 5.74) is 0.901. The summed E-state index contributed by atoms with van der Waals surface area (Å²) < 4.78 is 17.0. The number of anilines is 2. The SMILES string of the molecule is CCCn1cnc2c(c(Nc3ccc(C)cc3F)cc(=O)n2C)c1=O. The maximum Gasteiger partial charge on any atom is 0.264 e. The van der Waals surface area contributed by atoms with E-state index in [9.17, 15) is 14.0 Å². The second-order valence-electron chi connectivity index (χ2n) is 6.01. The molecule has 130 valence electrons. The maximum atomic E-state index is 14.2. The number of pyridine rings is 1. The molecule has 0 aliphatic carbocycles. The summed E-state index contributed by atoms with van der Waals surface area (Å²) in [6.45, 7) is 4.26. The van der Waals surface area contributed by atoms with Crippen LogP contribution in [0.4, 0.5) is 15.8 Å². The van der Waals surface area contributed by atoms with E-state index in [1.165, 1.54) is 27.6 Å². The van der Waals surface area contributed by atoms with Crippen molar-refractivity contribution < 1.29 is 4.39 Å². The third-order valence-electron chi connectivity index (χ3n) is 4.06. The number of rotatable bonds is 4. The molecule has 2 heterocycles. The second-order valence-corrected chi connectivity index (χ2v) is 6.01. The van der Waals surface area contributed by atoms with E-state index in [0.29, 0.717) is 6.54 Å². The molecule has 0 unspecified atom stereocenters. The molecule has 0 saturated carbocycles. The van der Waals surface area contributed by atoms with Crippen molar-refractivity contribution in [2.24, 2.45) is 7.05 Å². The van der Waals surface area contributed by atoms with Crippen molar-refractivity contribution in [2.45, 2.75) is 26.8 Å². The van der Waals surface area contributed by atoms with Gasteiger partial charge in [0.2, 0.25) is 0 Å². The van der Waals surface area contributed by atoms with Crippen LogP contribution in [-0.4, -0.2) is 14.1 Å². The van der Waals surface area contributed by atoms with Crippen LogP contribution in [0.3, 0.4) is 0 Å². The van der Waals surface area contributed by atoms with Gasteiger partial charge < -0.3 is 5.32 Å². The zero-order chi connectivity index (χ0) is 18.1. The van der Waals surface area contributed by atoms with Crippen LogP contribution in [0.5, 0.6) is 0 Å². The van der Waals surface area contributed by atoms with E-state index in [1.807, 2.05) is 6.92 Å². The quantitative estimate of drug-likeness (QED) is 0.791. The van der Waals surface area contributed by atoms with Gasteiger partial charge in [0, 0.05) is 19.7 Å². The third kappa shape index (κ3) is 3.05. The van der Waals surface area contributed by atoms with Crippen LogP contribution >= 0.6 is 0 Å². The lowest BCUT2D eigenvalue weighted by Crippen LogP contribution is -2.26. The monoisotopic (exact) mass is 342 g/mol. The molecule has 0 radical (unpaired) electrons. The normalized spacial score (nSPS) is 11.0. The molecule has 0 spiro atoms. The van der Waals surface area contributed by atoms with Gasteiger partial charge in [-0.25, -0.2) is 9.37 Å². The second kappa shape index (κ2) is 6.51. The van der Waals surface area contributed by atoms with Crippen molar-refractivity contribution in [2.75, 3.05) is 5.32 Å². The van der Waals surface area contributed by atoms with Crippen LogP contribution in [0, 0.1) is 12.7 Å². The number of hydrogen-bond acceptors (Lipinski definition) is 4. The smallest absolute Gasteiger partial charge is 0.264 e. The van der Waals surface area contributed by atoms with Gasteiger partial charge in [-0.15, -0.1) is 0 Å². The van der Waals surface area contributed by atoms with Crippen molar-refractivity contribution in [3.8, 4) is 0 Å². The number of aryl methyl sites for hydroxylation is 3. The molecular formula is C18H19FN4O2. The summed E-state index contributed by atoms with van der Waals surface area (Å²) in [5.74, 6) is -0.452. The molecule has 0 bridgehead atoms. The molecule has 0 atom stereocenters.